The smallest absolute Gasteiger partial charge is 0.311 e. The zero-order chi connectivity index (χ0) is 17.1. The van der Waals surface area contributed by atoms with Crippen LogP contribution in [-0.4, -0.2) is 45.4 Å². The molecule has 0 atom stereocenters. The predicted molar refractivity (Wildman–Crippen MR) is 94.0 cm³/mol. The molecule has 1 aliphatic rings. The first-order valence-electron chi connectivity index (χ1n) is 8.02. The summed E-state index contributed by atoms with van der Waals surface area (Å²) >= 11 is 1.42. The van der Waals surface area contributed by atoms with Gasteiger partial charge >= 0.3 is 5.69 Å². The third kappa shape index (κ3) is 3.45. The molecule has 0 bridgehead atoms. The van der Waals surface area contributed by atoms with Gasteiger partial charge in [0.2, 0.25) is 10.9 Å². The lowest BCUT2D eigenvalue weighted by Gasteiger charge is -2.22. The maximum absolute atomic E-state index is 11.3. The Morgan fingerprint density at radius 3 is 2.75 bits per heavy atom. The Hall–Kier alpha value is -2.29. The van der Waals surface area contributed by atoms with Gasteiger partial charge in [0, 0.05) is 56.4 Å². The van der Waals surface area contributed by atoms with Gasteiger partial charge in [-0.25, -0.2) is 9.97 Å². The lowest BCUT2D eigenvalue weighted by molar-refractivity contribution is -0.384. The third-order valence-corrected chi connectivity index (χ3v) is 4.84. The van der Waals surface area contributed by atoms with Crippen molar-refractivity contribution < 1.29 is 4.92 Å². The molecule has 9 heteroatoms. The highest BCUT2D eigenvalue weighted by molar-refractivity contribution is 7.09. The molecular weight excluding hydrogens is 328 g/mol. The first-order chi connectivity index (χ1) is 11.6. The van der Waals surface area contributed by atoms with Gasteiger partial charge in [-0.2, -0.15) is 4.37 Å². The monoisotopic (exact) mass is 348 g/mol. The van der Waals surface area contributed by atoms with Crippen molar-refractivity contribution in [2.45, 2.75) is 26.7 Å². The summed E-state index contributed by atoms with van der Waals surface area (Å²) in [6.07, 6.45) is 3.41. The van der Waals surface area contributed by atoms with Crippen LogP contribution < -0.4 is 9.80 Å². The van der Waals surface area contributed by atoms with Gasteiger partial charge in [-0.05, 0) is 18.9 Å². The third-order valence-electron chi connectivity index (χ3n) is 4.02. The maximum Gasteiger partial charge on any atom is 0.311 e. The van der Waals surface area contributed by atoms with Crippen molar-refractivity contribution in [3.63, 3.8) is 0 Å². The highest BCUT2D eigenvalue weighted by Gasteiger charge is 2.24. The van der Waals surface area contributed by atoms with Crippen molar-refractivity contribution in [3.8, 4) is 0 Å². The fourth-order valence-corrected chi connectivity index (χ4v) is 3.56. The number of rotatable bonds is 4. The molecule has 0 saturated carbocycles. The second-order valence-corrected chi connectivity index (χ2v) is 6.52. The number of aryl methyl sites for hydroxylation is 2. The normalized spacial score (nSPS) is 15.4. The van der Waals surface area contributed by atoms with Crippen LogP contribution in [-0.2, 0) is 6.42 Å². The summed E-state index contributed by atoms with van der Waals surface area (Å²) in [7, 11) is 0. The van der Waals surface area contributed by atoms with Gasteiger partial charge in [0.1, 0.15) is 5.82 Å². The number of hydrogen-bond acceptors (Lipinski definition) is 8. The molecule has 3 heterocycles. The molecule has 2 aromatic heterocycles. The Balaban J connectivity index is 1.77. The summed E-state index contributed by atoms with van der Waals surface area (Å²) in [6.45, 7) is 6.90. The average Bonchev–Trinajstić information content (AvgIpc) is 2.92. The molecule has 8 nitrogen and oxygen atoms in total. The first-order valence-corrected chi connectivity index (χ1v) is 8.79. The molecule has 1 fully saturated rings. The van der Waals surface area contributed by atoms with E-state index in [0.717, 1.165) is 49.0 Å². The summed E-state index contributed by atoms with van der Waals surface area (Å²) < 4.78 is 4.34. The highest BCUT2D eigenvalue weighted by Crippen LogP contribution is 2.28. The molecule has 1 saturated heterocycles. The first kappa shape index (κ1) is 16.6. The highest BCUT2D eigenvalue weighted by atomic mass is 32.1. The molecule has 0 aromatic carbocycles. The number of anilines is 2. The van der Waals surface area contributed by atoms with Crippen molar-refractivity contribution >= 4 is 28.2 Å². The molecule has 128 valence electrons. The van der Waals surface area contributed by atoms with E-state index in [1.807, 2.05) is 18.7 Å². The zero-order valence-corrected chi connectivity index (χ0v) is 14.6. The van der Waals surface area contributed by atoms with Crippen LogP contribution in [0.15, 0.2) is 12.3 Å². The summed E-state index contributed by atoms with van der Waals surface area (Å²) in [6, 6.07) is 1.59. The summed E-state index contributed by atoms with van der Waals surface area (Å²) in [5.41, 5.74) is 0.871. The van der Waals surface area contributed by atoms with Crippen molar-refractivity contribution in [1.29, 1.82) is 0 Å². The van der Waals surface area contributed by atoms with Crippen molar-refractivity contribution in [2.24, 2.45) is 0 Å². The predicted octanol–water partition coefficient (Wildman–Crippen LogP) is 2.43. The fraction of sp³-hybridized carbons (Fsp3) is 0.533. The minimum atomic E-state index is -0.351. The topological polar surface area (TPSA) is 88.3 Å². The molecule has 1 aliphatic heterocycles. The summed E-state index contributed by atoms with van der Waals surface area (Å²) in [4.78, 5) is 24.1. The second kappa shape index (κ2) is 7.08. The Morgan fingerprint density at radius 1 is 1.29 bits per heavy atom. The lowest BCUT2D eigenvalue weighted by Crippen LogP contribution is -2.31. The standard InChI is InChI=1S/C15H20N6O2S/c1-3-13-17-15(24-18-13)20-6-4-5-19(7-8-20)14-12(21(22)23)9-11(2)10-16-14/h9-10H,3-8H2,1-2H3. The maximum atomic E-state index is 11.3. The van der Waals surface area contributed by atoms with Crippen LogP contribution in [0.2, 0.25) is 0 Å². The van der Waals surface area contributed by atoms with Crippen LogP contribution in [0.5, 0.6) is 0 Å². The molecular formula is C15H20N6O2S. The second-order valence-electron chi connectivity index (χ2n) is 5.79. The van der Waals surface area contributed by atoms with Gasteiger partial charge < -0.3 is 9.80 Å². The fourth-order valence-electron chi connectivity index (χ4n) is 2.76. The summed E-state index contributed by atoms with van der Waals surface area (Å²) in [5, 5.41) is 12.3. The Kier molecular flexibility index (Phi) is 4.89. The van der Waals surface area contributed by atoms with Crippen LogP contribution in [0.3, 0.4) is 0 Å². The van der Waals surface area contributed by atoms with E-state index in [-0.39, 0.29) is 10.6 Å². The van der Waals surface area contributed by atoms with Crippen LogP contribution in [0.25, 0.3) is 0 Å². The number of nitro groups is 1. The van der Waals surface area contributed by atoms with Crippen LogP contribution in [0.1, 0.15) is 24.7 Å². The minimum absolute atomic E-state index is 0.0765. The number of hydrogen-bond donors (Lipinski definition) is 0. The molecule has 0 amide bonds. The molecule has 24 heavy (non-hydrogen) atoms. The average molecular weight is 348 g/mol. The van der Waals surface area contributed by atoms with Gasteiger partial charge in [0.15, 0.2) is 0 Å². The lowest BCUT2D eigenvalue weighted by atomic mass is 10.2. The van der Waals surface area contributed by atoms with Crippen LogP contribution in [0, 0.1) is 17.0 Å². The van der Waals surface area contributed by atoms with Gasteiger partial charge in [0.25, 0.3) is 0 Å². The molecule has 2 aromatic rings. The molecule has 3 rings (SSSR count). The number of aromatic nitrogens is 3. The van der Waals surface area contributed by atoms with E-state index in [0.29, 0.717) is 12.4 Å². The molecule has 0 N–H and O–H groups in total. The Bertz CT molecular complexity index is 735. The number of pyridine rings is 1. The van der Waals surface area contributed by atoms with E-state index in [1.54, 1.807) is 12.3 Å². The Morgan fingerprint density at radius 2 is 2.04 bits per heavy atom. The van der Waals surface area contributed by atoms with E-state index in [4.69, 9.17) is 0 Å². The van der Waals surface area contributed by atoms with Crippen LogP contribution in [0.4, 0.5) is 16.6 Å². The van der Waals surface area contributed by atoms with Crippen molar-refractivity contribution in [2.75, 3.05) is 36.0 Å². The largest absolute Gasteiger partial charge is 0.349 e. The minimum Gasteiger partial charge on any atom is -0.349 e. The molecule has 0 radical (unpaired) electrons. The summed E-state index contributed by atoms with van der Waals surface area (Å²) in [5.74, 6) is 1.32. The number of nitrogens with zero attached hydrogens (tertiary/aromatic N) is 6. The van der Waals surface area contributed by atoms with Gasteiger partial charge in [-0.15, -0.1) is 0 Å². The zero-order valence-electron chi connectivity index (χ0n) is 13.8. The van der Waals surface area contributed by atoms with E-state index in [9.17, 15) is 10.1 Å². The van der Waals surface area contributed by atoms with E-state index in [1.165, 1.54) is 11.5 Å². The van der Waals surface area contributed by atoms with E-state index in [2.05, 4.69) is 19.2 Å². The van der Waals surface area contributed by atoms with Gasteiger partial charge in [-0.3, -0.25) is 10.1 Å². The molecule has 0 spiro atoms. The van der Waals surface area contributed by atoms with E-state index < -0.39 is 0 Å². The van der Waals surface area contributed by atoms with Crippen LogP contribution >= 0.6 is 11.5 Å². The van der Waals surface area contributed by atoms with Crippen molar-refractivity contribution in [1.82, 2.24) is 14.3 Å². The Labute approximate surface area is 144 Å². The van der Waals surface area contributed by atoms with E-state index >= 15 is 0 Å². The quantitative estimate of drug-likeness (QED) is 0.619. The molecule has 0 unspecified atom stereocenters. The SMILES string of the molecule is CCc1nsc(N2CCCN(c3ncc(C)cc3[N+](=O)[O-])CC2)n1. The van der Waals surface area contributed by atoms with Crippen molar-refractivity contribution in [3.05, 3.63) is 33.8 Å². The molecule has 0 aliphatic carbocycles. The van der Waals surface area contributed by atoms with Gasteiger partial charge in [-0.1, -0.05) is 6.92 Å². The van der Waals surface area contributed by atoms with Gasteiger partial charge in [0.05, 0.1) is 4.92 Å².